The molecule has 0 saturated heterocycles. The second-order valence-corrected chi connectivity index (χ2v) is 7.45. The molecule has 1 aromatic carbocycles. The second-order valence-electron chi connectivity index (χ2n) is 6.57. The third kappa shape index (κ3) is 5.73. The van der Waals surface area contributed by atoms with Crippen LogP contribution >= 0.6 is 11.8 Å². The summed E-state index contributed by atoms with van der Waals surface area (Å²) < 4.78 is 7.51. The molecule has 0 radical (unpaired) electrons. The number of unbranched alkanes of at least 4 members (excludes halogenated alkanes) is 3. The van der Waals surface area contributed by atoms with Crippen LogP contribution in [-0.4, -0.2) is 22.4 Å². The first-order valence-corrected chi connectivity index (χ1v) is 10.9. The predicted octanol–water partition coefficient (Wildman–Crippen LogP) is 5.14. The lowest BCUT2D eigenvalue weighted by molar-refractivity contribution is 0.304. The number of hydrogen-bond donors (Lipinski definition) is 0. The Morgan fingerprint density at radius 3 is 2.50 bits per heavy atom. The molecule has 0 unspecified atom stereocenters. The Morgan fingerprint density at radius 1 is 0.929 bits per heavy atom. The van der Waals surface area contributed by atoms with Gasteiger partial charge in [0.15, 0.2) is 0 Å². The third-order valence-corrected chi connectivity index (χ3v) is 5.31. The molecular formula is C23H26N2O2S. The summed E-state index contributed by atoms with van der Waals surface area (Å²) in [5.74, 6) is 1.62. The van der Waals surface area contributed by atoms with E-state index in [0.717, 1.165) is 50.2 Å². The van der Waals surface area contributed by atoms with Gasteiger partial charge in [-0.15, -0.1) is 11.8 Å². The Bertz CT molecular complexity index is 908. The summed E-state index contributed by atoms with van der Waals surface area (Å²) >= 11 is 1.73. The first-order chi connectivity index (χ1) is 13.8. The lowest BCUT2D eigenvalue weighted by Crippen LogP contribution is -2.21. The molecule has 0 bridgehead atoms. The average Bonchev–Trinajstić information content (AvgIpc) is 2.74. The zero-order chi connectivity index (χ0) is 19.6. The van der Waals surface area contributed by atoms with Crippen molar-refractivity contribution in [3.8, 4) is 11.6 Å². The molecule has 0 spiro atoms. The fourth-order valence-electron chi connectivity index (χ4n) is 3.10. The molecule has 5 heteroatoms. The molecule has 0 aliphatic rings. The van der Waals surface area contributed by atoms with E-state index >= 15 is 0 Å². The normalized spacial score (nSPS) is 10.8. The van der Waals surface area contributed by atoms with Crippen LogP contribution in [0.3, 0.4) is 0 Å². The summed E-state index contributed by atoms with van der Waals surface area (Å²) in [6.45, 7) is 0.739. The number of rotatable bonds is 10. The summed E-state index contributed by atoms with van der Waals surface area (Å²) in [6, 6.07) is 19.3. The lowest BCUT2D eigenvalue weighted by atomic mass is 10.1. The number of nitrogens with zero attached hydrogens (tertiary/aromatic N) is 2. The Labute approximate surface area is 170 Å². The minimum Gasteiger partial charge on any atom is -0.494 e. The number of aromatic nitrogens is 2. The molecule has 0 fully saturated rings. The molecule has 0 saturated carbocycles. The molecule has 0 amide bonds. The number of aryl methyl sites for hydroxylation is 1. The van der Waals surface area contributed by atoms with Crippen LogP contribution in [0.25, 0.3) is 5.82 Å². The molecule has 2 heterocycles. The largest absolute Gasteiger partial charge is 0.494 e. The van der Waals surface area contributed by atoms with Crippen molar-refractivity contribution in [1.29, 1.82) is 0 Å². The van der Waals surface area contributed by atoms with Gasteiger partial charge in [-0.2, -0.15) is 0 Å². The van der Waals surface area contributed by atoms with Crippen LogP contribution in [-0.2, 0) is 6.42 Å². The highest BCUT2D eigenvalue weighted by molar-refractivity contribution is 7.98. The monoisotopic (exact) mass is 394 g/mol. The average molecular weight is 395 g/mol. The van der Waals surface area contributed by atoms with E-state index < -0.39 is 0 Å². The molecule has 0 N–H and O–H groups in total. The van der Waals surface area contributed by atoms with Crippen LogP contribution in [0.15, 0.2) is 76.6 Å². The van der Waals surface area contributed by atoms with E-state index in [1.807, 2.05) is 42.5 Å². The smallest absolute Gasteiger partial charge is 0.256 e. The molecule has 0 atom stereocenters. The first-order valence-electron chi connectivity index (χ1n) is 9.67. The molecule has 146 valence electrons. The molecule has 3 rings (SSSR count). The zero-order valence-corrected chi connectivity index (χ0v) is 17.0. The van der Waals surface area contributed by atoms with Gasteiger partial charge < -0.3 is 4.74 Å². The van der Waals surface area contributed by atoms with Crippen molar-refractivity contribution in [3.05, 3.63) is 82.9 Å². The van der Waals surface area contributed by atoms with Crippen molar-refractivity contribution in [2.24, 2.45) is 0 Å². The summed E-state index contributed by atoms with van der Waals surface area (Å²) in [4.78, 5) is 17.9. The molecule has 0 aliphatic heterocycles. The number of benzene rings is 1. The highest BCUT2D eigenvalue weighted by atomic mass is 32.2. The van der Waals surface area contributed by atoms with Crippen LogP contribution in [0.1, 0.15) is 31.4 Å². The zero-order valence-electron chi connectivity index (χ0n) is 16.2. The maximum absolute atomic E-state index is 12.3. The standard InChI is InChI=1S/C23H26N2O2S/c1-28-21-15-13-20(14-16-21)27-18-7-3-2-4-9-19-10-8-12-23(26)25(19)22-11-5-6-17-24-22/h5-6,8,10-17H,2-4,7,9,18H2,1H3. The summed E-state index contributed by atoms with van der Waals surface area (Å²) in [6.07, 6.45) is 8.95. The molecule has 2 aromatic heterocycles. The van der Waals surface area contributed by atoms with E-state index in [1.54, 1.807) is 28.6 Å². The fraction of sp³-hybridized carbons (Fsp3) is 0.304. The van der Waals surface area contributed by atoms with Crippen LogP contribution in [0, 0.1) is 0 Å². The van der Waals surface area contributed by atoms with Gasteiger partial charge in [-0.25, -0.2) is 4.98 Å². The van der Waals surface area contributed by atoms with E-state index in [9.17, 15) is 4.79 Å². The van der Waals surface area contributed by atoms with E-state index in [2.05, 4.69) is 23.4 Å². The minimum absolute atomic E-state index is 0.0305. The molecule has 0 aliphatic carbocycles. The van der Waals surface area contributed by atoms with Crippen molar-refractivity contribution in [1.82, 2.24) is 9.55 Å². The van der Waals surface area contributed by atoms with Gasteiger partial charge >= 0.3 is 0 Å². The van der Waals surface area contributed by atoms with Gasteiger partial charge in [0.2, 0.25) is 0 Å². The van der Waals surface area contributed by atoms with E-state index in [4.69, 9.17) is 4.74 Å². The van der Waals surface area contributed by atoms with Crippen LogP contribution in [0.4, 0.5) is 0 Å². The van der Waals surface area contributed by atoms with Gasteiger partial charge in [0.05, 0.1) is 6.61 Å². The van der Waals surface area contributed by atoms with E-state index in [1.165, 1.54) is 4.90 Å². The van der Waals surface area contributed by atoms with E-state index in [0.29, 0.717) is 5.82 Å². The summed E-state index contributed by atoms with van der Waals surface area (Å²) in [5.41, 5.74) is 0.980. The molecular weight excluding hydrogens is 368 g/mol. The van der Waals surface area contributed by atoms with Crippen LogP contribution in [0.5, 0.6) is 5.75 Å². The lowest BCUT2D eigenvalue weighted by Gasteiger charge is -2.11. The van der Waals surface area contributed by atoms with Gasteiger partial charge in [-0.3, -0.25) is 9.36 Å². The van der Waals surface area contributed by atoms with Crippen LogP contribution < -0.4 is 10.3 Å². The number of thioether (sulfide) groups is 1. The van der Waals surface area contributed by atoms with E-state index in [-0.39, 0.29) is 5.56 Å². The van der Waals surface area contributed by atoms with Gasteiger partial charge in [0.25, 0.3) is 5.56 Å². The Kier molecular flexibility index (Phi) is 7.73. The van der Waals surface area contributed by atoms with Crippen molar-refractivity contribution < 1.29 is 4.74 Å². The molecule has 28 heavy (non-hydrogen) atoms. The summed E-state index contributed by atoms with van der Waals surface area (Å²) in [7, 11) is 0. The van der Waals surface area contributed by atoms with Gasteiger partial charge in [0, 0.05) is 22.9 Å². The number of ether oxygens (including phenoxy) is 1. The minimum atomic E-state index is -0.0305. The maximum Gasteiger partial charge on any atom is 0.256 e. The first kappa shape index (κ1) is 20.2. The van der Waals surface area contributed by atoms with Gasteiger partial charge in [0.1, 0.15) is 11.6 Å². The van der Waals surface area contributed by atoms with Crippen molar-refractivity contribution in [2.45, 2.75) is 37.0 Å². The number of hydrogen-bond acceptors (Lipinski definition) is 4. The molecule has 4 nitrogen and oxygen atoms in total. The predicted molar refractivity (Wildman–Crippen MR) is 116 cm³/mol. The quantitative estimate of drug-likeness (QED) is 0.353. The highest BCUT2D eigenvalue weighted by Crippen LogP contribution is 2.19. The van der Waals surface area contributed by atoms with Crippen molar-refractivity contribution in [3.63, 3.8) is 0 Å². The Balaban J connectivity index is 1.42. The van der Waals surface area contributed by atoms with Gasteiger partial charge in [-0.1, -0.05) is 25.0 Å². The summed E-state index contributed by atoms with van der Waals surface area (Å²) in [5, 5.41) is 0. The maximum atomic E-state index is 12.3. The number of pyridine rings is 2. The topological polar surface area (TPSA) is 44.1 Å². The van der Waals surface area contributed by atoms with Gasteiger partial charge in [-0.05, 0) is 68.0 Å². The SMILES string of the molecule is CSc1ccc(OCCCCCCc2cccc(=O)n2-c2ccccn2)cc1. The second kappa shape index (κ2) is 10.7. The fourth-order valence-corrected chi connectivity index (χ4v) is 3.51. The highest BCUT2D eigenvalue weighted by Gasteiger charge is 2.06. The third-order valence-electron chi connectivity index (χ3n) is 4.57. The molecule has 3 aromatic rings. The van der Waals surface area contributed by atoms with Crippen LogP contribution in [0.2, 0.25) is 0 Å². The van der Waals surface area contributed by atoms with Crippen molar-refractivity contribution in [2.75, 3.05) is 12.9 Å². The van der Waals surface area contributed by atoms with Crippen molar-refractivity contribution >= 4 is 11.8 Å². The Hall–Kier alpha value is -2.53. The Morgan fingerprint density at radius 2 is 1.75 bits per heavy atom.